The first-order chi connectivity index (χ1) is 22.4. The van der Waals surface area contributed by atoms with Crippen molar-refractivity contribution in [3.05, 3.63) is 53.6 Å². The maximum absolute atomic E-state index is 12.9. The summed E-state index contributed by atoms with van der Waals surface area (Å²) in [6, 6.07) is 7.83. The number of aliphatic hydroxyl groups is 6. The van der Waals surface area contributed by atoms with E-state index in [1.807, 2.05) is 0 Å². The van der Waals surface area contributed by atoms with E-state index in [-0.39, 0.29) is 28.6 Å². The zero-order chi connectivity index (χ0) is 34.5. The van der Waals surface area contributed by atoms with Crippen LogP contribution in [0.3, 0.4) is 0 Å². The number of ether oxygens (including phenoxy) is 7. The van der Waals surface area contributed by atoms with Crippen LogP contribution in [0.4, 0.5) is 0 Å². The molecule has 0 bridgehead atoms. The Labute approximate surface area is 267 Å². The molecule has 8 N–H and O–H groups in total. The molecule has 0 aromatic heterocycles. The number of hydrogen-bond acceptors (Lipinski definition) is 17. The van der Waals surface area contributed by atoms with E-state index in [4.69, 9.17) is 33.2 Å². The van der Waals surface area contributed by atoms with Crippen LogP contribution in [0, 0.1) is 0 Å². The van der Waals surface area contributed by atoms with Gasteiger partial charge in [0.1, 0.15) is 55.6 Å². The van der Waals surface area contributed by atoms with Crippen LogP contribution in [0.5, 0.6) is 23.0 Å². The molecule has 0 aliphatic carbocycles. The standard InChI is InChI=1S/C30H36O17/c1-41-17-9-14(10-18(42-2)22(17)35)3-8-21(34)45-27-24(37)19(11-31)46-30(27,13-32)47-29-26(39)25(38)23(36)20(44-29)12-43-28(40)15-4-6-16(33)7-5-15/h3-10,19-20,23-27,29,31-33,35-39H,11-13H2,1-2H3/t19-,20-,23-,24-,25+,26-,27+,29-,30+/m1/s1. The number of hydrogen-bond donors (Lipinski definition) is 8. The Morgan fingerprint density at radius 1 is 0.894 bits per heavy atom. The van der Waals surface area contributed by atoms with E-state index in [0.717, 1.165) is 6.08 Å². The number of phenols is 2. The normalized spacial score (nSPS) is 30.6. The topological polar surface area (TPSA) is 261 Å². The Bertz CT molecular complexity index is 1390. The van der Waals surface area contributed by atoms with Gasteiger partial charge in [-0.2, -0.15) is 0 Å². The van der Waals surface area contributed by atoms with Crippen LogP contribution < -0.4 is 9.47 Å². The first-order valence-corrected chi connectivity index (χ1v) is 14.1. The third kappa shape index (κ3) is 7.75. The van der Waals surface area contributed by atoms with E-state index in [1.54, 1.807) is 0 Å². The molecule has 2 heterocycles. The maximum Gasteiger partial charge on any atom is 0.338 e. The smallest absolute Gasteiger partial charge is 0.338 e. The zero-order valence-electron chi connectivity index (χ0n) is 25.1. The summed E-state index contributed by atoms with van der Waals surface area (Å²) in [5, 5.41) is 82.1. The van der Waals surface area contributed by atoms with Gasteiger partial charge in [-0.25, -0.2) is 9.59 Å². The van der Waals surface area contributed by atoms with Gasteiger partial charge in [0.2, 0.25) is 11.5 Å². The molecule has 0 amide bonds. The Morgan fingerprint density at radius 2 is 1.53 bits per heavy atom. The number of aliphatic hydroxyl groups excluding tert-OH is 6. The number of carbonyl (C=O) groups is 2. The lowest BCUT2D eigenvalue weighted by Crippen LogP contribution is -2.63. The minimum Gasteiger partial charge on any atom is -0.508 e. The number of carbonyl (C=O) groups excluding carboxylic acids is 2. The van der Waals surface area contributed by atoms with Crippen molar-refractivity contribution in [3.8, 4) is 23.0 Å². The zero-order valence-corrected chi connectivity index (χ0v) is 25.1. The van der Waals surface area contributed by atoms with Crippen molar-refractivity contribution in [2.45, 2.75) is 54.8 Å². The molecule has 4 rings (SSSR count). The van der Waals surface area contributed by atoms with Crippen LogP contribution in [0.1, 0.15) is 15.9 Å². The van der Waals surface area contributed by atoms with Gasteiger partial charge in [0, 0.05) is 6.08 Å². The average Bonchev–Trinajstić information content (AvgIpc) is 3.33. The Hall–Kier alpha value is -4.04. The first kappa shape index (κ1) is 35.8. The third-order valence-electron chi connectivity index (χ3n) is 7.50. The number of phenolic OH excluding ortho intramolecular Hbond substituents is 2. The minimum atomic E-state index is -2.48. The number of methoxy groups -OCH3 is 2. The van der Waals surface area contributed by atoms with Gasteiger partial charge in [-0.3, -0.25) is 0 Å². The van der Waals surface area contributed by atoms with Crippen molar-refractivity contribution < 1.29 is 83.6 Å². The molecule has 2 saturated heterocycles. The second-order valence-electron chi connectivity index (χ2n) is 10.5. The van der Waals surface area contributed by atoms with Crippen LogP contribution >= 0.6 is 0 Å². The largest absolute Gasteiger partial charge is 0.508 e. The van der Waals surface area contributed by atoms with Crippen molar-refractivity contribution in [1.29, 1.82) is 0 Å². The summed E-state index contributed by atoms with van der Waals surface area (Å²) in [6.07, 6.45) is -12.1. The molecule has 258 valence electrons. The fraction of sp³-hybridized carbons (Fsp3) is 0.467. The molecule has 2 aliphatic rings. The number of benzene rings is 2. The summed E-state index contributed by atoms with van der Waals surface area (Å²) in [7, 11) is 2.62. The van der Waals surface area contributed by atoms with Crippen LogP contribution in [-0.2, 0) is 28.5 Å². The van der Waals surface area contributed by atoms with Crippen molar-refractivity contribution in [2.75, 3.05) is 34.0 Å². The van der Waals surface area contributed by atoms with Gasteiger partial charge in [0.05, 0.1) is 26.4 Å². The lowest BCUT2D eigenvalue weighted by Gasteiger charge is -2.43. The number of esters is 2. The fourth-order valence-electron chi connectivity index (χ4n) is 4.94. The van der Waals surface area contributed by atoms with Crippen LogP contribution in [0.15, 0.2) is 42.5 Å². The molecular formula is C30H36O17. The maximum atomic E-state index is 12.9. The second kappa shape index (κ2) is 15.2. The lowest BCUT2D eigenvalue weighted by atomic mass is 9.98. The first-order valence-electron chi connectivity index (χ1n) is 14.1. The Morgan fingerprint density at radius 3 is 2.11 bits per heavy atom. The summed E-state index contributed by atoms with van der Waals surface area (Å²) in [4.78, 5) is 25.3. The molecule has 47 heavy (non-hydrogen) atoms. The van der Waals surface area contributed by atoms with E-state index in [1.165, 1.54) is 56.7 Å². The van der Waals surface area contributed by atoms with Gasteiger partial charge in [-0.15, -0.1) is 0 Å². The quantitative estimate of drug-likeness (QED) is 0.0913. The highest BCUT2D eigenvalue weighted by Crippen LogP contribution is 2.39. The van der Waals surface area contributed by atoms with E-state index in [2.05, 4.69) is 0 Å². The van der Waals surface area contributed by atoms with Crippen LogP contribution in [0.25, 0.3) is 6.08 Å². The van der Waals surface area contributed by atoms with Crippen molar-refractivity contribution in [1.82, 2.24) is 0 Å². The average molecular weight is 669 g/mol. The van der Waals surface area contributed by atoms with Gasteiger partial charge in [-0.05, 0) is 48.0 Å². The van der Waals surface area contributed by atoms with Crippen molar-refractivity contribution in [3.63, 3.8) is 0 Å². The summed E-state index contributed by atoms with van der Waals surface area (Å²) < 4.78 is 37.5. The Kier molecular flexibility index (Phi) is 11.6. The van der Waals surface area contributed by atoms with Gasteiger partial charge in [0.25, 0.3) is 0 Å². The molecule has 0 spiro atoms. The van der Waals surface area contributed by atoms with Crippen LogP contribution in [-0.4, -0.2) is 142 Å². The fourth-order valence-corrected chi connectivity index (χ4v) is 4.94. The Balaban J connectivity index is 1.51. The molecule has 17 nitrogen and oxygen atoms in total. The highest BCUT2D eigenvalue weighted by molar-refractivity contribution is 5.89. The molecule has 0 unspecified atom stereocenters. The van der Waals surface area contributed by atoms with Gasteiger partial charge in [0.15, 0.2) is 23.9 Å². The lowest BCUT2D eigenvalue weighted by molar-refractivity contribution is -0.383. The van der Waals surface area contributed by atoms with Crippen molar-refractivity contribution >= 4 is 18.0 Å². The van der Waals surface area contributed by atoms with E-state index in [0.29, 0.717) is 5.56 Å². The summed E-state index contributed by atoms with van der Waals surface area (Å²) in [6.45, 7) is -2.62. The van der Waals surface area contributed by atoms with Gasteiger partial charge in [-0.1, -0.05) is 0 Å². The molecule has 17 heteroatoms. The van der Waals surface area contributed by atoms with Crippen LogP contribution in [0.2, 0.25) is 0 Å². The van der Waals surface area contributed by atoms with E-state index in [9.17, 15) is 50.4 Å². The highest BCUT2D eigenvalue weighted by Gasteiger charge is 2.60. The molecule has 2 aromatic carbocycles. The molecule has 0 radical (unpaired) electrons. The predicted molar refractivity (Wildman–Crippen MR) is 154 cm³/mol. The predicted octanol–water partition coefficient (Wildman–Crippen LogP) is -1.84. The van der Waals surface area contributed by atoms with Crippen molar-refractivity contribution in [2.24, 2.45) is 0 Å². The molecule has 0 saturated carbocycles. The monoisotopic (exact) mass is 668 g/mol. The number of rotatable bonds is 12. The minimum absolute atomic E-state index is 0.0437. The summed E-state index contributed by atoms with van der Waals surface area (Å²) in [5.41, 5.74) is 0.379. The van der Waals surface area contributed by atoms with E-state index >= 15 is 0 Å². The summed E-state index contributed by atoms with van der Waals surface area (Å²) >= 11 is 0. The molecular weight excluding hydrogens is 632 g/mol. The van der Waals surface area contributed by atoms with Gasteiger partial charge < -0.3 is 74.0 Å². The molecule has 2 fully saturated rings. The second-order valence-corrected chi connectivity index (χ2v) is 10.5. The molecule has 2 aliphatic heterocycles. The number of aromatic hydroxyl groups is 2. The molecule has 2 aromatic rings. The molecule has 9 atom stereocenters. The SMILES string of the molecule is COc1cc(C=CC(=O)O[C@H]2[C@H](O)[C@@H](CO)O[C@@]2(CO)O[C@H]2O[C@H](COC(=O)c3ccc(O)cc3)[C@@H](O)[C@H](O)[C@H]2O)cc(OC)c1O. The third-order valence-corrected chi connectivity index (χ3v) is 7.50. The highest BCUT2D eigenvalue weighted by atomic mass is 16.8. The van der Waals surface area contributed by atoms with Gasteiger partial charge >= 0.3 is 11.9 Å². The summed E-state index contributed by atoms with van der Waals surface area (Å²) in [5.74, 6) is -4.73. The van der Waals surface area contributed by atoms with E-state index < -0.39 is 86.6 Å².